The van der Waals surface area contributed by atoms with Crippen molar-refractivity contribution in [2.75, 3.05) is 11.9 Å². The summed E-state index contributed by atoms with van der Waals surface area (Å²) >= 11 is 0. The number of anilines is 1. The largest absolute Gasteiger partial charge is 0.361 e. The lowest BCUT2D eigenvalue weighted by molar-refractivity contribution is -0.119. The topological polar surface area (TPSA) is 91.8 Å². The number of amides is 2. The van der Waals surface area contributed by atoms with Gasteiger partial charge in [0.15, 0.2) is 5.69 Å². The molecule has 0 saturated heterocycles. The summed E-state index contributed by atoms with van der Waals surface area (Å²) in [5.74, 6) is 0.408. The van der Waals surface area contributed by atoms with E-state index in [1.165, 1.54) is 10.9 Å². The zero-order chi connectivity index (χ0) is 19.5. The summed E-state index contributed by atoms with van der Waals surface area (Å²) in [6, 6.07) is 9.74. The predicted molar refractivity (Wildman–Crippen MR) is 108 cm³/mol. The zero-order valence-corrected chi connectivity index (χ0v) is 16.0. The predicted octanol–water partition coefficient (Wildman–Crippen LogP) is 3.00. The third-order valence-electron chi connectivity index (χ3n) is 5.44. The Morgan fingerprint density at radius 3 is 2.86 bits per heavy atom. The Kier molecular flexibility index (Phi) is 5.14. The first kappa shape index (κ1) is 18.3. The molecule has 0 spiro atoms. The molecule has 0 radical (unpaired) electrons. The van der Waals surface area contributed by atoms with Gasteiger partial charge in [0.1, 0.15) is 5.82 Å². The highest BCUT2D eigenvalue weighted by Gasteiger charge is 2.24. The molecule has 2 heterocycles. The van der Waals surface area contributed by atoms with Gasteiger partial charge in [-0.1, -0.05) is 31.0 Å². The molecule has 1 fully saturated rings. The van der Waals surface area contributed by atoms with Gasteiger partial charge in [-0.25, -0.2) is 0 Å². The maximum Gasteiger partial charge on any atom is 0.271 e. The molecule has 3 N–H and O–H groups in total. The molecule has 2 amide bonds. The van der Waals surface area contributed by atoms with E-state index in [-0.39, 0.29) is 17.7 Å². The Morgan fingerprint density at radius 2 is 2.04 bits per heavy atom. The zero-order valence-electron chi connectivity index (χ0n) is 16.0. The molecule has 1 aliphatic rings. The molecule has 7 heteroatoms. The number of aryl methyl sites for hydroxylation is 1. The minimum atomic E-state index is -0.239. The van der Waals surface area contributed by atoms with Crippen LogP contribution in [0.1, 0.15) is 41.7 Å². The number of nitrogens with zero attached hydrogens (tertiary/aromatic N) is 2. The van der Waals surface area contributed by atoms with Crippen molar-refractivity contribution in [1.82, 2.24) is 20.1 Å². The van der Waals surface area contributed by atoms with Gasteiger partial charge in [0, 0.05) is 42.7 Å². The Morgan fingerprint density at radius 1 is 1.25 bits per heavy atom. The highest BCUT2D eigenvalue weighted by molar-refractivity contribution is 5.96. The van der Waals surface area contributed by atoms with E-state index < -0.39 is 0 Å². The number of H-pyrrole nitrogens is 1. The van der Waals surface area contributed by atoms with Crippen LogP contribution in [-0.2, 0) is 18.3 Å². The summed E-state index contributed by atoms with van der Waals surface area (Å²) in [7, 11) is 1.73. The fraction of sp³-hybridized carbons (Fsp3) is 0.381. The molecule has 1 aliphatic carbocycles. The van der Waals surface area contributed by atoms with E-state index in [1.54, 1.807) is 17.8 Å². The van der Waals surface area contributed by atoms with E-state index in [0.29, 0.717) is 18.1 Å². The quantitative estimate of drug-likeness (QED) is 0.615. The number of hydrogen-bond acceptors (Lipinski definition) is 3. The molecule has 7 nitrogen and oxygen atoms in total. The second kappa shape index (κ2) is 7.88. The second-order valence-electron chi connectivity index (χ2n) is 7.37. The normalized spacial score (nSPS) is 14.5. The van der Waals surface area contributed by atoms with Crippen molar-refractivity contribution in [2.45, 2.75) is 32.1 Å². The van der Waals surface area contributed by atoms with Crippen LogP contribution in [0.25, 0.3) is 10.9 Å². The van der Waals surface area contributed by atoms with Crippen LogP contribution in [0.2, 0.25) is 0 Å². The van der Waals surface area contributed by atoms with Crippen LogP contribution in [0.4, 0.5) is 5.82 Å². The Balaban J connectivity index is 1.34. The summed E-state index contributed by atoms with van der Waals surface area (Å²) in [5, 5.41) is 11.2. The number of rotatable bonds is 6. The maximum absolute atomic E-state index is 12.4. The number of benzene rings is 1. The molecule has 0 unspecified atom stereocenters. The van der Waals surface area contributed by atoms with E-state index in [9.17, 15) is 9.59 Å². The lowest BCUT2D eigenvalue weighted by Crippen LogP contribution is -2.26. The second-order valence-corrected chi connectivity index (χ2v) is 7.37. The van der Waals surface area contributed by atoms with Crippen molar-refractivity contribution in [1.29, 1.82) is 0 Å². The highest BCUT2D eigenvalue weighted by atomic mass is 16.2. The van der Waals surface area contributed by atoms with Gasteiger partial charge < -0.3 is 15.6 Å². The highest BCUT2D eigenvalue weighted by Crippen LogP contribution is 2.26. The number of nitrogens with one attached hydrogen (secondary N) is 3. The van der Waals surface area contributed by atoms with Gasteiger partial charge >= 0.3 is 0 Å². The number of aromatic nitrogens is 3. The number of carbonyl (C=O) groups excluding carboxylic acids is 2. The lowest BCUT2D eigenvalue weighted by atomic mass is 10.1. The van der Waals surface area contributed by atoms with E-state index in [4.69, 9.17) is 0 Å². The van der Waals surface area contributed by atoms with Gasteiger partial charge in [-0.3, -0.25) is 14.3 Å². The molecule has 146 valence electrons. The number of aromatic amines is 1. The minimum absolute atomic E-state index is 0.0202. The van der Waals surface area contributed by atoms with E-state index in [1.807, 2.05) is 24.4 Å². The number of fused-ring (bicyclic) bond motifs is 1. The fourth-order valence-corrected chi connectivity index (χ4v) is 3.85. The maximum atomic E-state index is 12.4. The SMILES string of the molecule is Cn1nc(C(=O)NCCc2c[nH]c3ccccc23)cc1NC(=O)C1CCCC1. The third-order valence-corrected chi connectivity index (χ3v) is 5.44. The van der Waals surface area contributed by atoms with Crippen molar-refractivity contribution < 1.29 is 9.59 Å². The number of para-hydroxylation sites is 1. The van der Waals surface area contributed by atoms with Gasteiger partial charge in [0.2, 0.25) is 5.91 Å². The monoisotopic (exact) mass is 379 g/mol. The van der Waals surface area contributed by atoms with Crippen LogP contribution in [0.3, 0.4) is 0 Å². The summed E-state index contributed by atoms with van der Waals surface area (Å²) in [6.07, 6.45) is 6.79. The van der Waals surface area contributed by atoms with Crippen molar-refractivity contribution in [3.05, 3.63) is 47.8 Å². The molecule has 28 heavy (non-hydrogen) atoms. The Labute approximate surface area is 163 Å². The first-order chi connectivity index (χ1) is 13.6. The van der Waals surface area contributed by atoms with Crippen molar-refractivity contribution in [3.63, 3.8) is 0 Å². The van der Waals surface area contributed by atoms with Crippen LogP contribution in [-0.4, -0.2) is 33.1 Å². The standard InChI is InChI=1S/C21H25N5O2/c1-26-19(24-20(27)14-6-2-3-7-14)12-18(25-26)21(28)22-11-10-15-13-23-17-9-5-4-8-16(15)17/h4-5,8-9,12-14,23H,2-3,6-7,10-11H2,1H3,(H,22,28)(H,24,27). The first-order valence-corrected chi connectivity index (χ1v) is 9.80. The van der Waals surface area contributed by atoms with Crippen LogP contribution >= 0.6 is 0 Å². The van der Waals surface area contributed by atoms with E-state index in [0.717, 1.165) is 37.6 Å². The molecule has 1 saturated carbocycles. The van der Waals surface area contributed by atoms with Gasteiger partial charge in [0.05, 0.1) is 0 Å². The Hall–Kier alpha value is -3.09. The summed E-state index contributed by atoms with van der Waals surface area (Å²) in [6.45, 7) is 0.515. The van der Waals surface area contributed by atoms with Crippen LogP contribution in [0, 0.1) is 5.92 Å². The Bertz CT molecular complexity index is 997. The summed E-state index contributed by atoms with van der Waals surface area (Å²) < 4.78 is 1.54. The van der Waals surface area contributed by atoms with E-state index >= 15 is 0 Å². The smallest absolute Gasteiger partial charge is 0.271 e. The van der Waals surface area contributed by atoms with Crippen molar-refractivity contribution in [3.8, 4) is 0 Å². The van der Waals surface area contributed by atoms with Gasteiger partial charge in [-0.2, -0.15) is 5.10 Å². The first-order valence-electron chi connectivity index (χ1n) is 9.80. The van der Waals surface area contributed by atoms with Crippen LogP contribution in [0.15, 0.2) is 36.5 Å². The molecule has 4 rings (SSSR count). The van der Waals surface area contributed by atoms with Gasteiger partial charge in [-0.05, 0) is 30.9 Å². The third kappa shape index (κ3) is 3.78. The average molecular weight is 379 g/mol. The molecular formula is C21H25N5O2. The van der Waals surface area contributed by atoms with Crippen molar-refractivity contribution in [2.24, 2.45) is 13.0 Å². The van der Waals surface area contributed by atoms with Crippen LogP contribution < -0.4 is 10.6 Å². The number of carbonyl (C=O) groups is 2. The molecular weight excluding hydrogens is 354 g/mol. The molecule has 0 bridgehead atoms. The lowest BCUT2D eigenvalue weighted by Gasteiger charge is -2.09. The molecule has 2 aromatic heterocycles. The fourth-order valence-electron chi connectivity index (χ4n) is 3.85. The summed E-state index contributed by atoms with van der Waals surface area (Å²) in [5.41, 5.74) is 2.57. The molecule has 3 aromatic rings. The van der Waals surface area contributed by atoms with Crippen LogP contribution in [0.5, 0.6) is 0 Å². The molecule has 0 atom stereocenters. The minimum Gasteiger partial charge on any atom is -0.361 e. The van der Waals surface area contributed by atoms with Gasteiger partial charge in [-0.15, -0.1) is 0 Å². The number of hydrogen-bond donors (Lipinski definition) is 3. The molecule has 0 aliphatic heterocycles. The van der Waals surface area contributed by atoms with Gasteiger partial charge in [0.25, 0.3) is 5.91 Å². The molecule has 1 aromatic carbocycles. The van der Waals surface area contributed by atoms with E-state index in [2.05, 4.69) is 26.8 Å². The van der Waals surface area contributed by atoms with Crippen molar-refractivity contribution >= 4 is 28.5 Å². The summed E-state index contributed by atoms with van der Waals surface area (Å²) in [4.78, 5) is 28.0. The average Bonchev–Trinajstić information content (AvgIpc) is 3.43.